The van der Waals surface area contributed by atoms with E-state index >= 15 is 0 Å². The van der Waals surface area contributed by atoms with E-state index in [0.717, 1.165) is 0 Å². The van der Waals surface area contributed by atoms with E-state index in [2.05, 4.69) is 5.32 Å². The summed E-state index contributed by atoms with van der Waals surface area (Å²) in [6.45, 7) is 8.65. The second-order valence-corrected chi connectivity index (χ2v) is 4.72. The lowest BCUT2D eigenvalue weighted by Gasteiger charge is -2.26. The van der Waals surface area contributed by atoms with Gasteiger partial charge in [0.2, 0.25) is 5.91 Å². The predicted octanol–water partition coefficient (Wildman–Crippen LogP) is 0.994. The Kier molecular flexibility index (Phi) is 6.60. The highest BCUT2D eigenvalue weighted by Gasteiger charge is 2.22. The van der Waals surface area contributed by atoms with E-state index in [-0.39, 0.29) is 5.91 Å². The molecule has 0 bridgehead atoms. The van der Waals surface area contributed by atoms with Crippen molar-refractivity contribution in [1.29, 1.82) is 0 Å². The largest absolute Gasteiger partial charge is 0.388 e. The molecule has 0 saturated carbocycles. The molecule has 0 aromatic carbocycles. The van der Waals surface area contributed by atoms with Crippen molar-refractivity contribution in [1.82, 2.24) is 10.2 Å². The van der Waals surface area contributed by atoms with E-state index < -0.39 is 5.60 Å². The summed E-state index contributed by atoms with van der Waals surface area (Å²) >= 11 is 0. The first-order valence-corrected chi connectivity index (χ1v) is 6.04. The van der Waals surface area contributed by atoms with Crippen LogP contribution in [0.1, 0.15) is 40.5 Å². The summed E-state index contributed by atoms with van der Waals surface area (Å²) in [4.78, 5) is 13.5. The smallest absolute Gasteiger partial charge is 0.234 e. The van der Waals surface area contributed by atoms with Gasteiger partial charge in [-0.3, -0.25) is 9.69 Å². The molecule has 0 heterocycles. The van der Waals surface area contributed by atoms with Gasteiger partial charge in [-0.15, -0.1) is 0 Å². The standard InChI is InChI=1S/C12H26N2O2/c1-6-12(16,7-2)9-13-11(15)8-14(5)10(3)4/h10,16H,6-9H2,1-5H3,(H,13,15). The van der Waals surface area contributed by atoms with Gasteiger partial charge >= 0.3 is 0 Å². The number of amides is 1. The molecule has 4 nitrogen and oxygen atoms in total. The summed E-state index contributed by atoms with van der Waals surface area (Å²) in [6, 6.07) is 0.349. The highest BCUT2D eigenvalue weighted by atomic mass is 16.3. The maximum absolute atomic E-state index is 11.6. The minimum Gasteiger partial charge on any atom is -0.388 e. The molecule has 0 unspecified atom stereocenters. The van der Waals surface area contributed by atoms with E-state index in [4.69, 9.17) is 0 Å². The molecule has 1 amide bonds. The molecule has 0 aliphatic carbocycles. The van der Waals surface area contributed by atoms with Crippen LogP contribution in [0, 0.1) is 0 Å². The monoisotopic (exact) mass is 230 g/mol. The number of rotatable bonds is 7. The zero-order valence-electron chi connectivity index (χ0n) is 11.2. The molecule has 4 heteroatoms. The molecule has 0 spiro atoms. The lowest BCUT2D eigenvalue weighted by atomic mass is 9.98. The van der Waals surface area contributed by atoms with Crippen molar-refractivity contribution < 1.29 is 9.90 Å². The maximum atomic E-state index is 11.6. The Morgan fingerprint density at radius 1 is 1.38 bits per heavy atom. The first kappa shape index (κ1) is 15.4. The van der Waals surface area contributed by atoms with Crippen LogP contribution in [0.15, 0.2) is 0 Å². The third-order valence-corrected chi connectivity index (χ3v) is 3.21. The van der Waals surface area contributed by atoms with Crippen LogP contribution in [0.4, 0.5) is 0 Å². The quantitative estimate of drug-likeness (QED) is 0.686. The van der Waals surface area contributed by atoms with Crippen LogP contribution in [0.2, 0.25) is 0 Å². The van der Waals surface area contributed by atoms with Gasteiger partial charge in [0.1, 0.15) is 0 Å². The molecule has 0 fully saturated rings. The van der Waals surface area contributed by atoms with Gasteiger partial charge in [-0.25, -0.2) is 0 Å². The number of nitrogens with one attached hydrogen (secondary N) is 1. The number of aliphatic hydroxyl groups is 1. The Labute approximate surface area is 99.0 Å². The SMILES string of the molecule is CCC(O)(CC)CNC(=O)CN(C)C(C)C. The Morgan fingerprint density at radius 3 is 2.25 bits per heavy atom. The highest BCUT2D eigenvalue weighted by Crippen LogP contribution is 2.12. The number of hydrogen-bond donors (Lipinski definition) is 2. The molecule has 0 aliphatic rings. The van der Waals surface area contributed by atoms with Crippen LogP contribution < -0.4 is 5.32 Å². The molecule has 96 valence electrons. The number of nitrogens with zero attached hydrogens (tertiary/aromatic N) is 1. The molecular formula is C12H26N2O2. The molecule has 16 heavy (non-hydrogen) atoms. The summed E-state index contributed by atoms with van der Waals surface area (Å²) in [5.74, 6) is -0.0310. The van der Waals surface area contributed by atoms with E-state index in [1.165, 1.54) is 0 Å². The van der Waals surface area contributed by atoms with E-state index in [1.54, 1.807) is 0 Å². The zero-order valence-corrected chi connectivity index (χ0v) is 11.2. The lowest BCUT2D eigenvalue weighted by Crippen LogP contribution is -2.45. The number of carbonyl (C=O) groups excluding carboxylic acids is 1. The van der Waals surface area contributed by atoms with Crippen molar-refractivity contribution in [3.8, 4) is 0 Å². The highest BCUT2D eigenvalue weighted by molar-refractivity contribution is 5.78. The Morgan fingerprint density at radius 2 is 1.88 bits per heavy atom. The minimum absolute atomic E-state index is 0.0310. The second kappa shape index (κ2) is 6.86. The van der Waals surface area contributed by atoms with E-state index in [0.29, 0.717) is 32.0 Å². The summed E-state index contributed by atoms with van der Waals surface area (Å²) in [5.41, 5.74) is -0.758. The zero-order chi connectivity index (χ0) is 12.8. The van der Waals surface area contributed by atoms with Crippen LogP contribution in [-0.2, 0) is 4.79 Å². The molecule has 0 radical (unpaired) electrons. The van der Waals surface area contributed by atoms with Crippen molar-refractivity contribution in [3.63, 3.8) is 0 Å². The van der Waals surface area contributed by atoms with Gasteiger partial charge < -0.3 is 10.4 Å². The minimum atomic E-state index is -0.758. The lowest BCUT2D eigenvalue weighted by molar-refractivity contribution is -0.123. The number of carbonyl (C=O) groups is 1. The van der Waals surface area contributed by atoms with Crippen LogP contribution >= 0.6 is 0 Å². The van der Waals surface area contributed by atoms with Crippen molar-refractivity contribution in [2.75, 3.05) is 20.1 Å². The maximum Gasteiger partial charge on any atom is 0.234 e. The topological polar surface area (TPSA) is 52.6 Å². The van der Waals surface area contributed by atoms with E-state index in [1.807, 2.05) is 39.6 Å². The van der Waals surface area contributed by atoms with Crippen LogP contribution in [-0.4, -0.2) is 47.7 Å². The first-order chi connectivity index (χ1) is 7.34. The molecular weight excluding hydrogens is 204 g/mol. The fraction of sp³-hybridized carbons (Fsp3) is 0.917. The summed E-state index contributed by atoms with van der Waals surface area (Å²) < 4.78 is 0. The average Bonchev–Trinajstić information content (AvgIpc) is 2.25. The number of hydrogen-bond acceptors (Lipinski definition) is 3. The van der Waals surface area contributed by atoms with Crippen molar-refractivity contribution in [2.45, 2.75) is 52.2 Å². The number of likely N-dealkylation sites (N-methyl/N-ethyl adjacent to an activating group) is 1. The average molecular weight is 230 g/mol. The molecule has 0 aromatic heterocycles. The fourth-order valence-electron chi connectivity index (χ4n) is 1.23. The Hall–Kier alpha value is -0.610. The first-order valence-electron chi connectivity index (χ1n) is 6.04. The third kappa shape index (κ3) is 5.47. The summed E-state index contributed by atoms with van der Waals surface area (Å²) in [5, 5.41) is 12.8. The summed E-state index contributed by atoms with van der Waals surface area (Å²) in [7, 11) is 1.91. The Balaban J connectivity index is 3.98. The molecule has 0 aromatic rings. The molecule has 0 atom stereocenters. The van der Waals surface area contributed by atoms with E-state index in [9.17, 15) is 9.90 Å². The Bertz CT molecular complexity index is 213. The normalized spacial score (nSPS) is 12.2. The van der Waals surface area contributed by atoms with Gasteiger partial charge in [-0.1, -0.05) is 13.8 Å². The summed E-state index contributed by atoms with van der Waals surface area (Å²) in [6.07, 6.45) is 1.31. The van der Waals surface area contributed by atoms with Crippen molar-refractivity contribution in [3.05, 3.63) is 0 Å². The van der Waals surface area contributed by atoms with Gasteiger partial charge in [-0.05, 0) is 33.7 Å². The van der Waals surface area contributed by atoms with Crippen LogP contribution in [0.25, 0.3) is 0 Å². The molecule has 0 rings (SSSR count). The van der Waals surface area contributed by atoms with Crippen molar-refractivity contribution in [2.24, 2.45) is 0 Å². The molecule has 2 N–H and O–H groups in total. The molecule has 0 aliphatic heterocycles. The van der Waals surface area contributed by atoms with Crippen LogP contribution in [0.3, 0.4) is 0 Å². The van der Waals surface area contributed by atoms with Gasteiger partial charge in [0, 0.05) is 12.6 Å². The van der Waals surface area contributed by atoms with Crippen molar-refractivity contribution >= 4 is 5.91 Å². The third-order valence-electron chi connectivity index (χ3n) is 3.21. The molecule has 0 saturated heterocycles. The van der Waals surface area contributed by atoms with Gasteiger partial charge in [0.05, 0.1) is 12.1 Å². The fourth-order valence-corrected chi connectivity index (χ4v) is 1.23. The predicted molar refractivity (Wildman–Crippen MR) is 66.3 cm³/mol. The van der Waals surface area contributed by atoms with Crippen LogP contribution in [0.5, 0.6) is 0 Å². The second-order valence-electron chi connectivity index (χ2n) is 4.72. The van der Waals surface area contributed by atoms with Gasteiger partial charge in [0.15, 0.2) is 0 Å². The van der Waals surface area contributed by atoms with Gasteiger partial charge in [0.25, 0.3) is 0 Å². The van der Waals surface area contributed by atoms with Gasteiger partial charge in [-0.2, -0.15) is 0 Å².